The van der Waals surface area contributed by atoms with Gasteiger partial charge in [-0.1, -0.05) is 54.1 Å². The fourth-order valence-corrected chi connectivity index (χ4v) is 3.43. The number of hydrogen-bond donors (Lipinski definition) is 0. The third-order valence-electron chi connectivity index (χ3n) is 3.43. The second-order valence-electron chi connectivity index (χ2n) is 4.69. The summed E-state index contributed by atoms with van der Waals surface area (Å²) < 4.78 is 14.7. The van der Waals surface area contributed by atoms with Gasteiger partial charge in [0.25, 0.3) is 0 Å². The monoisotopic (exact) mass is 382 g/mol. The van der Waals surface area contributed by atoms with E-state index in [-0.39, 0.29) is 5.82 Å². The lowest BCUT2D eigenvalue weighted by atomic mass is 9.97. The van der Waals surface area contributed by atoms with Gasteiger partial charge in [-0.25, -0.2) is 4.39 Å². The van der Waals surface area contributed by atoms with E-state index in [0.29, 0.717) is 10.4 Å². The molecule has 0 aliphatic carbocycles. The molecule has 1 unspecified atom stereocenters. The van der Waals surface area contributed by atoms with E-state index in [1.54, 1.807) is 12.1 Å². The smallest absolute Gasteiger partial charge is 0.131 e. The molecule has 0 saturated heterocycles. The molecule has 0 aliphatic rings. The highest BCUT2D eigenvalue weighted by Gasteiger charge is 2.18. The fraction of sp³-hybridized carbons (Fsp3) is 0.0588. The third-order valence-corrected chi connectivity index (χ3v) is 5.21. The van der Waals surface area contributed by atoms with Gasteiger partial charge in [-0.05, 0) is 44.6 Å². The van der Waals surface area contributed by atoms with Gasteiger partial charge < -0.3 is 0 Å². The Morgan fingerprint density at radius 2 is 1.57 bits per heavy atom. The van der Waals surface area contributed by atoms with E-state index < -0.39 is 5.38 Å². The summed E-state index contributed by atoms with van der Waals surface area (Å²) in [5, 5.41) is 1.49. The first-order valence-electron chi connectivity index (χ1n) is 6.34. The maximum absolute atomic E-state index is 13.9. The number of rotatable bonds is 2. The Bertz CT molecular complexity index is 817. The Morgan fingerprint density at radius 3 is 2.33 bits per heavy atom. The molecule has 0 amide bonds. The molecule has 0 N–H and O–H groups in total. The lowest BCUT2D eigenvalue weighted by molar-refractivity contribution is 0.639. The molecule has 21 heavy (non-hydrogen) atoms. The van der Waals surface area contributed by atoms with Crippen molar-refractivity contribution in [2.45, 2.75) is 5.38 Å². The summed E-state index contributed by atoms with van der Waals surface area (Å²) in [5.41, 5.74) is 1.64. The largest absolute Gasteiger partial charge is 0.206 e. The van der Waals surface area contributed by atoms with Crippen LogP contribution in [0.4, 0.5) is 4.39 Å². The highest BCUT2D eigenvalue weighted by atomic mass is 79.9. The summed E-state index contributed by atoms with van der Waals surface area (Å²) in [5.74, 6) is -0.251. The lowest BCUT2D eigenvalue weighted by Gasteiger charge is -2.15. The quantitative estimate of drug-likeness (QED) is 0.430. The van der Waals surface area contributed by atoms with E-state index in [4.69, 9.17) is 23.2 Å². The normalized spacial score (nSPS) is 12.6. The number of benzene rings is 3. The van der Waals surface area contributed by atoms with E-state index in [9.17, 15) is 4.39 Å². The molecule has 106 valence electrons. The number of hydrogen-bond acceptors (Lipinski definition) is 0. The Morgan fingerprint density at radius 1 is 0.857 bits per heavy atom. The van der Waals surface area contributed by atoms with Gasteiger partial charge in [0.15, 0.2) is 0 Å². The molecule has 0 nitrogen and oxygen atoms in total. The predicted molar refractivity (Wildman–Crippen MR) is 90.8 cm³/mol. The Labute approximate surface area is 140 Å². The molecule has 3 rings (SSSR count). The Hall–Kier alpha value is -1.09. The minimum absolute atomic E-state index is 0.251. The van der Waals surface area contributed by atoms with Crippen molar-refractivity contribution in [3.63, 3.8) is 0 Å². The molecule has 0 radical (unpaired) electrons. The highest BCUT2D eigenvalue weighted by molar-refractivity contribution is 9.10. The Balaban J connectivity index is 2.21. The lowest BCUT2D eigenvalue weighted by Crippen LogP contribution is -1.97. The van der Waals surface area contributed by atoms with Crippen molar-refractivity contribution >= 4 is 49.9 Å². The second kappa shape index (κ2) is 5.96. The SMILES string of the molecule is Fc1ccc(C(Cl)c2cccc(Br)c2Cl)c2ccccc12. The summed E-state index contributed by atoms with van der Waals surface area (Å²) >= 11 is 16.3. The maximum atomic E-state index is 13.9. The van der Waals surface area contributed by atoms with Crippen LogP contribution in [0.3, 0.4) is 0 Å². The number of alkyl halides is 1. The maximum Gasteiger partial charge on any atom is 0.131 e. The molecule has 0 aromatic heterocycles. The summed E-state index contributed by atoms with van der Waals surface area (Å²) in [4.78, 5) is 0. The number of halogens is 4. The van der Waals surface area contributed by atoms with Gasteiger partial charge in [0.1, 0.15) is 5.82 Å². The minimum Gasteiger partial charge on any atom is -0.206 e. The van der Waals surface area contributed by atoms with Crippen molar-refractivity contribution in [1.82, 2.24) is 0 Å². The van der Waals surface area contributed by atoms with Gasteiger partial charge in [-0.15, -0.1) is 11.6 Å². The summed E-state index contributed by atoms with van der Waals surface area (Å²) in [6, 6.07) is 16.1. The molecule has 3 aromatic rings. The van der Waals surface area contributed by atoms with Gasteiger partial charge in [-0.3, -0.25) is 0 Å². The summed E-state index contributed by atoms with van der Waals surface area (Å²) in [7, 11) is 0. The minimum atomic E-state index is -0.444. The average Bonchev–Trinajstić information content (AvgIpc) is 2.50. The first-order valence-corrected chi connectivity index (χ1v) is 7.95. The van der Waals surface area contributed by atoms with E-state index in [1.165, 1.54) is 6.07 Å². The van der Waals surface area contributed by atoms with Crippen molar-refractivity contribution in [3.8, 4) is 0 Å². The number of fused-ring (bicyclic) bond motifs is 1. The summed E-state index contributed by atoms with van der Waals surface area (Å²) in [6.07, 6.45) is 0. The zero-order valence-corrected chi connectivity index (χ0v) is 13.9. The first kappa shape index (κ1) is 14.8. The molecule has 0 bridgehead atoms. The molecule has 3 aromatic carbocycles. The van der Waals surface area contributed by atoms with Gasteiger partial charge >= 0.3 is 0 Å². The van der Waals surface area contributed by atoms with Crippen LogP contribution < -0.4 is 0 Å². The van der Waals surface area contributed by atoms with Crippen LogP contribution in [0.2, 0.25) is 5.02 Å². The van der Waals surface area contributed by atoms with Gasteiger partial charge in [-0.2, -0.15) is 0 Å². The molecule has 0 spiro atoms. The standard InChI is InChI=1S/C17H10BrCl2F/c18-14-7-3-6-13(17(14)20)16(19)12-8-9-15(21)11-5-2-1-4-10(11)12/h1-9,16H. The molecule has 0 saturated carbocycles. The van der Waals surface area contributed by atoms with Crippen LogP contribution >= 0.6 is 39.1 Å². The van der Waals surface area contributed by atoms with E-state index in [1.807, 2.05) is 36.4 Å². The van der Waals surface area contributed by atoms with Crippen LogP contribution in [0, 0.1) is 5.82 Å². The van der Waals surface area contributed by atoms with Gasteiger partial charge in [0, 0.05) is 9.86 Å². The molecular formula is C17H10BrCl2F. The molecule has 1 atom stereocenters. The molecular weight excluding hydrogens is 374 g/mol. The molecule has 0 heterocycles. The first-order chi connectivity index (χ1) is 10.1. The molecule has 0 fully saturated rings. The van der Waals surface area contributed by atoms with E-state index in [0.717, 1.165) is 21.0 Å². The topological polar surface area (TPSA) is 0 Å². The van der Waals surface area contributed by atoms with Crippen LogP contribution in [0.5, 0.6) is 0 Å². The van der Waals surface area contributed by atoms with Crippen LogP contribution in [0.25, 0.3) is 10.8 Å². The van der Waals surface area contributed by atoms with Crippen LogP contribution in [0.15, 0.2) is 59.1 Å². The van der Waals surface area contributed by atoms with Crippen molar-refractivity contribution < 1.29 is 4.39 Å². The van der Waals surface area contributed by atoms with Crippen LogP contribution in [-0.4, -0.2) is 0 Å². The zero-order valence-electron chi connectivity index (χ0n) is 10.8. The van der Waals surface area contributed by atoms with Crippen molar-refractivity contribution in [1.29, 1.82) is 0 Å². The van der Waals surface area contributed by atoms with Crippen LogP contribution in [-0.2, 0) is 0 Å². The Kier molecular flexibility index (Phi) is 4.21. The van der Waals surface area contributed by atoms with Gasteiger partial charge in [0.2, 0.25) is 0 Å². The second-order valence-corrected chi connectivity index (χ2v) is 6.36. The van der Waals surface area contributed by atoms with E-state index >= 15 is 0 Å². The zero-order chi connectivity index (χ0) is 15.0. The molecule has 4 heteroatoms. The van der Waals surface area contributed by atoms with Crippen molar-refractivity contribution in [2.75, 3.05) is 0 Å². The summed E-state index contributed by atoms with van der Waals surface area (Å²) in [6.45, 7) is 0. The van der Waals surface area contributed by atoms with Crippen molar-refractivity contribution in [2.24, 2.45) is 0 Å². The van der Waals surface area contributed by atoms with Crippen molar-refractivity contribution in [3.05, 3.63) is 81.0 Å². The molecule has 0 aliphatic heterocycles. The third kappa shape index (κ3) is 2.68. The van der Waals surface area contributed by atoms with E-state index in [2.05, 4.69) is 15.9 Å². The fourth-order valence-electron chi connectivity index (χ4n) is 2.39. The highest BCUT2D eigenvalue weighted by Crippen LogP contribution is 2.39. The predicted octanol–water partition coefficient (Wildman–Crippen LogP) is 6.72. The van der Waals surface area contributed by atoms with Gasteiger partial charge in [0.05, 0.1) is 10.4 Å². The average molecular weight is 384 g/mol. The van der Waals surface area contributed by atoms with Crippen LogP contribution in [0.1, 0.15) is 16.5 Å².